The molecule has 0 amide bonds. The van der Waals surface area contributed by atoms with Crippen molar-refractivity contribution < 1.29 is 4.74 Å². The molecule has 4 nitrogen and oxygen atoms in total. The fourth-order valence-electron chi connectivity index (χ4n) is 3.41. The highest BCUT2D eigenvalue weighted by atomic mass is 35.5. The number of hydrogen-bond acceptors (Lipinski definition) is 3. The first-order valence-corrected chi connectivity index (χ1v) is 10.2. The summed E-state index contributed by atoms with van der Waals surface area (Å²) in [4.78, 5) is 4.17. The quantitative estimate of drug-likeness (QED) is 0.384. The number of nitrogens with zero attached hydrogens (tertiary/aromatic N) is 2. The Morgan fingerprint density at radius 2 is 1.79 bits per heavy atom. The Kier molecular flexibility index (Phi) is 6.45. The Morgan fingerprint density at radius 3 is 2.62 bits per heavy atom. The maximum Gasteiger partial charge on any atom is 0.213 e. The second kappa shape index (κ2) is 9.59. The number of rotatable bonds is 9. The van der Waals surface area contributed by atoms with E-state index >= 15 is 0 Å². The first-order valence-electron chi connectivity index (χ1n) is 9.85. The number of pyridine rings is 1. The molecular formula is C24H24ClN3O. The van der Waals surface area contributed by atoms with Gasteiger partial charge in [0.2, 0.25) is 5.88 Å². The molecule has 5 heteroatoms. The van der Waals surface area contributed by atoms with E-state index in [2.05, 4.69) is 57.5 Å². The molecule has 0 radical (unpaired) electrons. The molecule has 0 aliphatic rings. The first-order chi connectivity index (χ1) is 14.3. The van der Waals surface area contributed by atoms with Crippen LogP contribution >= 0.6 is 11.6 Å². The summed E-state index contributed by atoms with van der Waals surface area (Å²) in [5.41, 5.74) is 3.79. The Morgan fingerprint density at radius 1 is 0.966 bits per heavy atom. The summed E-state index contributed by atoms with van der Waals surface area (Å²) in [5, 5.41) is 5.59. The van der Waals surface area contributed by atoms with Crippen molar-refractivity contribution in [3.63, 3.8) is 0 Å². The number of ether oxygens (including phenoxy) is 1. The van der Waals surface area contributed by atoms with Crippen LogP contribution in [-0.4, -0.2) is 22.7 Å². The maximum absolute atomic E-state index is 6.01. The lowest BCUT2D eigenvalue weighted by Crippen LogP contribution is -2.17. The molecule has 2 heterocycles. The molecule has 0 aliphatic heterocycles. The third-order valence-corrected chi connectivity index (χ3v) is 5.09. The van der Waals surface area contributed by atoms with Crippen molar-refractivity contribution in [1.29, 1.82) is 0 Å². The molecule has 29 heavy (non-hydrogen) atoms. The third kappa shape index (κ3) is 5.17. The average molecular weight is 406 g/mol. The van der Waals surface area contributed by atoms with Gasteiger partial charge < -0.3 is 14.6 Å². The van der Waals surface area contributed by atoms with Crippen LogP contribution in [0.2, 0.25) is 5.02 Å². The van der Waals surface area contributed by atoms with Gasteiger partial charge in [-0.05, 0) is 48.4 Å². The van der Waals surface area contributed by atoms with Gasteiger partial charge in [0.1, 0.15) is 0 Å². The van der Waals surface area contributed by atoms with Gasteiger partial charge in [0.05, 0.1) is 6.61 Å². The van der Waals surface area contributed by atoms with Crippen LogP contribution in [0.3, 0.4) is 0 Å². The largest absolute Gasteiger partial charge is 0.478 e. The Bertz CT molecular complexity index is 1040. The van der Waals surface area contributed by atoms with E-state index in [1.807, 2.05) is 30.3 Å². The highest BCUT2D eigenvalue weighted by molar-refractivity contribution is 6.30. The van der Waals surface area contributed by atoms with Crippen LogP contribution in [0.4, 0.5) is 0 Å². The van der Waals surface area contributed by atoms with Crippen LogP contribution in [-0.2, 0) is 13.1 Å². The summed E-state index contributed by atoms with van der Waals surface area (Å²) in [6, 6.07) is 22.3. The molecule has 2 aromatic carbocycles. The number of para-hydroxylation sites is 1. The monoisotopic (exact) mass is 405 g/mol. The van der Waals surface area contributed by atoms with E-state index in [0.29, 0.717) is 12.5 Å². The zero-order valence-electron chi connectivity index (χ0n) is 16.2. The summed E-state index contributed by atoms with van der Waals surface area (Å²) >= 11 is 6.01. The summed E-state index contributed by atoms with van der Waals surface area (Å²) in [7, 11) is 0. The molecule has 1 N–H and O–H groups in total. The number of aromatic nitrogens is 2. The smallest absolute Gasteiger partial charge is 0.213 e. The highest BCUT2D eigenvalue weighted by Gasteiger charge is 2.08. The summed E-state index contributed by atoms with van der Waals surface area (Å²) < 4.78 is 7.95. The Balaban J connectivity index is 1.34. The number of fused-ring (bicyclic) bond motifs is 1. The molecule has 0 unspecified atom stereocenters. The van der Waals surface area contributed by atoms with Crippen LogP contribution in [0.1, 0.15) is 17.5 Å². The van der Waals surface area contributed by atoms with Crippen molar-refractivity contribution in [2.75, 3.05) is 13.2 Å². The van der Waals surface area contributed by atoms with Crippen LogP contribution in [0.25, 0.3) is 10.9 Å². The Labute approximate surface area is 176 Å². The van der Waals surface area contributed by atoms with Gasteiger partial charge in [-0.25, -0.2) is 4.98 Å². The minimum absolute atomic E-state index is 0.655. The van der Waals surface area contributed by atoms with Gasteiger partial charge >= 0.3 is 0 Å². The van der Waals surface area contributed by atoms with Gasteiger partial charge in [-0.1, -0.05) is 48.0 Å². The summed E-state index contributed by atoms with van der Waals surface area (Å²) in [6.45, 7) is 3.21. The predicted molar refractivity (Wildman–Crippen MR) is 119 cm³/mol. The van der Waals surface area contributed by atoms with Gasteiger partial charge in [-0.3, -0.25) is 0 Å². The molecule has 0 saturated carbocycles. The van der Waals surface area contributed by atoms with Crippen molar-refractivity contribution >= 4 is 22.5 Å². The van der Waals surface area contributed by atoms with Gasteiger partial charge in [-0.2, -0.15) is 0 Å². The van der Waals surface area contributed by atoms with Crippen LogP contribution in [0.5, 0.6) is 5.88 Å². The van der Waals surface area contributed by atoms with Gasteiger partial charge in [0.25, 0.3) is 0 Å². The average Bonchev–Trinajstić information content (AvgIpc) is 3.10. The lowest BCUT2D eigenvalue weighted by Gasteiger charge is -2.06. The van der Waals surface area contributed by atoms with E-state index in [-0.39, 0.29) is 0 Å². The van der Waals surface area contributed by atoms with E-state index in [9.17, 15) is 0 Å². The highest BCUT2D eigenvalue weighted by Crippen LogP contribution is 2.23. The van der Waals surface area contributed by atoms with Crippen molar-refractivity contribution in [3.05, 3.63) is 95.3 Å². The van der Waals surface area contributed by atoms with Crippen LogP contribution < -0.4 is 10.1 Å². The molecule has 0 saturated heterocycles. The van der Waals surface area contributed by atoms with Crippen molar-refractivity contribution in [2.45, 2.75) is 19.5 Å². The van der Waals surface area contributed by atoms with Crippen LogP contribution in [0.15, 0.2) is 79.1 Å². The van der Waals surface area contributed by atoms with Crippen LogP contribution in [0, 0.1) is 0 Å². The van der Waals surface area contributed by atoms with Gasteiger partial charge in [0, 0.05) is 47.5 Å². The molecule has 148 valence electrons. The minimum atomic E-state index is 0.655. The molecular weight excluding hydrogens is 382 g/mol. The third-order valence-electron chi connectivity index (χ3n) is 4.84. The van der Waals surface area contributed by atoms with E-state index < -0.39 is 0 Å². The number of benzene rings is 2. The van der Waals surface area contributed by atoms with Crippen molar-refractivity contribution in [2.24, 2.45) is 0 Å². The zero-order valence-corrected chi connectivity index (χ0v) is 17.0. The normalized spacial score (nSPS) is 11.1. The van der Waals surface area contributed by atoms with E-state index in [1.165, 1.54) is 22.0 Å². The maximum atomic E-state index is 6.01. The topological polar surface area (TPSA) is 39.1 Å². The second-order valence-corrected chi connectivity index (χ2v) is 7.41. The molecule has 0 fully saturated rings. The fraction of sp³-hybridized carbons (Fsp3) is 0.208. The molecule has 0 spiro atoms. The molecule has 0 aliphatic carbocycles. The Hall–Kier alpha value is -2.82. The number of nitrogens with one attached hydrogen (secondary N) is 1. The fourth-order valence-corrected chi connectivity index (χ4v) is 3.54. The molecule has 0 atom stereocenters. The SMILES string of the molecule is Clc1ccc(Cn2cc(CNCCCOc3ccccn3)c3ccccc32)cc1. The van der Waals surface area contributed by atoms with E-state index in [0.717, 1.165) is 31.1 Å². The number of hydrogen-bond donors (Lipinski definition) is 1. The lowest BCUT2D eigenvalue weighted by molar-refractivity contribution is 0.296. The minimum Gasteiger partial charge on any atom is -0.478 e. The molecule has 2 aromatic heterocycles. The zero-order chi connectivity index (χ0) is 19.9. The lowest BCUT2D eigenvalue weighted by atomic mass is 10.2. The predicted octanol–water partition coefficient (Wildman–Crippen LogP) is 5.30. The van der Waals surface area contributed by atoms with Gasteiger partial charge in [-0.15, -0.1) is 0 Å². The first kappa shape index (κ1) is 19.5. The molecule has 0 bridgehead atoms. The van der Waals surface area contributed by atoms with Crippen molar-refractivity contribution in [3.8, 4) is 5.88 Å². The molecule has 4 aromatic rings. The van der Waals surface area contributed by atoms with Gasteiger partial charge in [0.15, 0.2) is 0 Å². The molecule has 4 rings (SSSR count). The second-order valence-electron chi connectivity index (χ2n) is 6.97. The number of halogens is 1. The summed E-state index contributed by atoms with van der Waals surface area (Å²) in [6.07, 6.45) is 4.92. The summed E-state index contributed by atoms with van der Waals surface area (Å²) in [5.74, 6) is 0.678. The van der Waals surface area contributed by atoms with Crippen molar-refractivity contribution in [1.82, 2.24) is 14.9 Å². The van der Waals surface area contributed by atoms with E-state index in [4.69, 9.17) is 16.3 Å². The van der Waals surface area contributed by atoms with E-state index in [1.54, 1.807) is 6.20 Å². The standard InChI is InChI=1S/C24H24ClN3O/c25-21-11-9-19(10-12-21)17-28-18-20(22-6-1-2-7-23(22)28)16-26-13-5-15-29-24-8-3-4-14-27-24/h1-4,6-12,14,18,26H,5,13,15-17H2.